The lowest BCUT2D eigenvalue weighted by Crippen LogP contribution is -2.19. The summed E-state index contributed by atoms with van der Waals surface area (Å²) in [5.41, 5.74) is 0. The fourth-order valence-corrected chi connectivity index (χ4v) is 1.09. The third-order valence-corrected chi connectivity index (χ3v) is 1.90. The smallest absolute Gasteiger partial charge is 0.333 e. The molecule has 1 atom stereocenters. The van der Waals surface area contributed by atoms with Gasteiger partial charge in [0.25, 0.3) is 0 Å². The summed E-state index contributed by atoms with van der Waals surface area (Å²) in [6.07, 6.45) is 2.07. The van der Waals surface area contributed by atoms with E-state index in [-0.39, 0.29) is 18.9 Å². The Morgan fingerprint density at radius 1 is 1.53 bits per heavy atom. The molecule has 1 aliphatic heterocycles. The summed E-state index contributed by atoms with van der Waals surface area (Å²) >= 11 is 0. The molecule has 1 heterocycles. The van der Waals surface area contributed by atoms with Gasteiger partial charge < -0.3 is 14.8 Å². The summed E-state index contributed by atoms with van der Waals surface area (Å²) in [5, 5.41) is 2.51. The van der Waals surface area contributed by atoms with Crippen molar-refractivity contribution in [3.8, 4) is 0 Å². The monoisotopic (exact) mass is 213 g/mol. The van der Waals surface area contributed by atoms with Gasteiger partial charge in [-0.2, -0.15) is 0 Å². The van der Waals surface area contributed by atoms with Crippen LogP contribution in [0.15, 0.2) is 12.3 Å². The van der Waals surface area contributed by atoms with Crippen LogP contribution in [-0.4, -0.2) is 31.5 Å². The van der Waals surface area contributed by atoms with Gasteiger partial charge in [-0.3, -0.25) is 9.59 Å². The zero-order chi connectivity index (χ0) is 11.3. The van der Waals surface area contributed by atoms with Crippen LogP contribution < -0.4 is 5.32 Å². The van der Waals surface area contributed by atoms with Crippen molar-refractivity contribution in [2.24, 2.45) is 5.92 Å². The third kappa shape index (κ3) is 3.41. The molecule has 1 fully saturated rings. The van der Waals surface area contributed by atoms with Crippen LogP contribution in [-0.2, 0) is 23.9 Å². The topological polar surface area (TPSA) is 81.7 Å². The summed E-state index contributed by atoms with van der Waals surface area (Å²) in [7, 11) is 1.22. The maximum atomic E-state index is 11.2. The molecule has 0 aromatic carbocycles. The highest BCUT2D eigenvalue weighted by Crippen LogP contribution is 2.10. The number of hydrogen-bond donors (Lipinski definition) is 1. The molecule has 0 aliphatic carbocycles. The van der Waals surface area contributed by atoms with Crippen LogP contribution in [0.2, 0.25) is 0 Å². The van der Waals surface area contributed by atoms with Crippen LogP contribution >= 0.6 is 0 Å². The summed E-state index contributed by atoms with van der Waals surface area (Å²) < 4.78 is 8.93. The van der Waals surface area contributed by atoms with Crippen LogP contribution in [0.1, 0.15) is 6.42 Å². The maximum Gasteiger partial charge on any atom is 0.333 e. The second kappa shape index (κ2) is 5.14. The number of carbonyl (C=O) groups excluding carboxylic acids is 3. The average Bonchev–Trinajstić information content (AvgIpc) is 2.64. The lowest BCUT2D eigenvalue weighted by Gasteiger charge is -2.03. The Balaban J connectivity index is 2.33. The largest absolute Gasteiger partial charge is 0.466 e. The van der Waals surface area contributed by atoms with Crippen molar-refractivity contribution >= 4 is 17.8 Å². The maximum absolute atomic E-state index is 11.2. The van der Waals surface area contributed by atoms with E-state index < -0.39 is 17.9 Å². The Bertz CT molecular complexity index is 310. The molecule has 82 valence electrons. The fourth-order valence-electron chi connectivity index (χ4n) is 1.09. The van der Waals surface area contributed by atoms with Gasteiger partial charge in [0, 0.05) is 13.0 Å². The van der Waals surface area contributed by atoms with E-state index >= 15 is 0 Å². The number of carbonyl (C=O) groups is 3. The van der Waals surface area contributed by atoms with Crippen LogP contribution in [0.4, 0.5) is 0 Å². The zero-order valence-electron chi connectivity index (χ0n) is 8.19. The van der Waals surface area contributed by atoms with Crippen molar-refractivity contribution in [2.75, 3.05) is 13.7 Å². The fraction of sp³-hybridized carbons (Fsp3) is 0.444. The first kappa shape index (κ1) is 11.2. The van der Waals surface area contributed by atoms with E-state index in [0.717, 1.165) is 12.3 Å². The standard InChI is InChI=1S/C9H11NO5/c1-14-8(12)2-3-15-9(13)6-4-7(11)10-5-6/h2-3,6H,4-5H2,1H3,(H,10,11)/b3-2+. The summed E-state index contributed by atoms with van der Waals surface area (Å²) in [6, 6.07) is 0. The molecule has 0 aromatic rings. The van der Waals surface area contributed by atoms with Crippen LogP contribution in [0.5, 0.6) is 0 Å². The lowest BCUT2D eigenvalue weighted by atomic mass is 10.1. The molecule has 0 saturated carbocycles. The van der Waals surface area contributed by atoms with Crippen molar-refractivity contribution in [2.45, 2.75) is 6.42 Å². The van der Waals surface area contributed by atoms with Gasteiger partial charge >= 0.3 is 11.9 Å². The summed E-state index contributed by atoms with van der Waals surface area (Å²) in [5.74, 6) is -1.79. The number of ether oxygens (including phenoxy) is 2. The van der Waals surface area contributed by atoms with Crippen molar-refractivity contribution < 1.29 is 23.9 Å². The molecule has 1 amide bonds. The highest BCUT2D eigenvalue weighted by atomic mass is 16.5. The first-order valence-electron chi connectivity index (χ1n) is 4.35. The average molecular weight is 213 g/mol. The van der Waals surface area contributed by atoms with E-state index in [1.54, 1.807) is 0 Å². The predicted molar refractivity (Wildman–Crippen MR) is 48.4 cm³/mol. The molecular formula is C9H11NO5. The molecule has 1 saturated heterocycles. The lowest BCUT2D eigenvalue weighted by molar-refractivity contribution is -0.142. The van der Waals surface area contributed by atoms with E-state index in [1.165, 1.54) is 7.11 Å². The second-order valence-corrected chi connectivity index (χ2v) is 2.97. The zero-order valence-corrected chi connectivity index (χ0v) is 8.19. The van der Waals surface area contributed by atoms with Gasteiger partial charge in [-0.15, -0.1) is 0 Å². The van der Waals surface area contributed by atoms with E-state index in [0.29, 0.717) is 0 Å². The third-order valence-electron chi connectivity index (χ3n) is 1.90. The minimum atomic E-state index is -0.608. The molecule has 0 radical (unpaired) electrons. The van der Waals surface area contributed by atoms with Gasteiger partial charge in [0.05, 0.1) is 19.1 Å². The number of hydrogen-bond acceptors (Lipinski definition) is 5. The number of methoxy groups -OCH3 is 1. The SMILES string of the molecule is COC(=O)/C=C/OC(=O)C1CNC(=O)C1. The normalized spacial score (nSPS) is 20.1. The Kier molecular flexibility index (Phi) is 3.84. The van der Waals surface area contributed by atoms with Crippen LogP contribution in [0.3, 0.4) is 0 Å². The molecule has 1 aliphatic rings. The van der Waals surface area contributed by atoms with Gasteiger partial charge in [-0.1, -0.05) is 0 Å². The highest BCUT2D eigenvalue weighted by Gasteiger charge is 2.28. The van der Waals surface area contributed by atoms with Gasteiger partial charge in [0.2, 0.25) is 5.91 Å². The number of rotatable bonds is 3. The van der Waals surface area contributed by atoms with Gasteiger partial charge in [-0.25, -0.2) is 4.79 Å². The van der Waals surface area contributed by atoms with Crippen LogP contribution in [0.25, 0.3) is 0 Å². The van der Waals surface area contributed by atoms with Gasteiger partial charge in [0.15, 0.2) is 0 Å². The molecule has 6 heteroatoms. The van der Waals surface area contributed by atoms with Crippen molar-refractivity contribution in [1.29, 1.82) is 0 Å². The van der Waals surface area contributed by atoms with Gasteiger partial charge in [-0.05, 0) is 0 Å². The Hall–Kier alpha value is -1.85. The van der Waals surface area contributed by atoms with E-state index in [9.17, 15) is 14.4 Å². The first-order valence-corrected chi connectivity index (χ1v) is 4.35. The highest BCUT2D eigenvalue weighted by molar-refractivity contribution is 5.87. The molecule has 1 N–H and O–H groups in total. The Labute approximate surface area is 86.2 Å². The van der Waals surface area contributed by atoms with Crippen molar-refractivity contribution in [3.63, 3.8) is 0 Å². The molecule has 15 heavy (non-hydrogen) atoms. The molecule has 1 unspecified atom stereocenters. The molecular weight excluding hydrogens is 202 g/mol. The minimum Gasteiger partial charge on any atom is -0.466 e. The van der Waals surface area contributed by atoms with E-state index in [4.69, 9.17) is 0 Å². The van der Waals surface area contributed by atoms with Crippen molar-refractivity contribution in [1.82, 2.24) is 5.32 Å². The second-order valence-electron chi connectivity index (χ2n) is 2.97. The van der Waals surface area contributed by atoms with Crippen LogP contribution in [0, 0.1) is 5.92 Å². The van der Waals surface area contributed by atoms with E-state index in [1.807, 2.05) is 0 Å². The number of esters is 2. The summed E-state index contributed by atoms with van der Waals surface area (Å²) in [4.78, 5) is 32.6. The number of amides is 1. The molecule has 0 spiro atoms. The molecule has 1 rings (SSSR count). The molecule has 6 nitrogen and oxygen atoms in total. The Morgan fingerprint density at radius 3 is 2.80 bits per heavy atom. The van der Waals surface area contributed by atoms with E-state index in [2.05, 4.69) is 14.8 Å². The van der Waals surface area contributed by atoms with Crippen molar-refractivity contribution in [3.05, 3.63) is 12.3 Å². The number of nitrogens with one attached hydrogen (secondary N) is 1. The Morgan fingerprint density at radius 2 is 2.27 bits per heavy atom. The predicted octanol–water partition coefficient (Wildman–Crippen LogP) is -0.648. The van der Waals surface area contributed by atoms with Gasteiger partial charge in [0.1, 0.15) is 6.26 Å². The quantitative estimate of drug-likeness (QED) is 0.383. The molecule has 0 bridgehead atoms. The molecule has 0 aromatic heterocycles. The summed E-state index contributed by atoms with van der Waals surface area (Å²) in [6.45, 7) is 0.281. The first-order chi connectivity index (χ1) is 7.13. The minimum absolute atomic E-state index is 0.130.